The molecule has 0 aliphatic carbocycles. The highest BCUT2D eigenvalue weighted by Crippen LogP contribution is 2.01. The number of rotatable bonds is 3. The summed E-state index contributed by atoms with van der Waals surface area (Å²) in [6.45, 7) is 5.25. The second-order valence-corrected chi connectivity index (χ2v) is 2.26. The second kappa shape index (κ2) is 3.89. The summed E-state index contributed by atoms with van der Waals surface area (Å²) in [5.74, 6) is 0. The summed E-state index contributed by atoms with van der Waals surface area (Å²) in [6.07, 6.45) is 3.72. The predicted molar refractivity (Wildman–Crippen MR) is 43.6 cm³/mol. The fourth-order valence-corrected chi connectivity index (χ4v) is 0.895. The van der Waals surface area contributed by atoms with Crippen LogP contribution in [0, 0.1) is 6.58 Å². The normalized spacial score (nSPS) is 9.20. The highest BCUT2D eigenvalue weighted by atomic mass is 13.9. The first-order chi connectivity index (χ1) is 4.93. The molecule has 0 fully saturated rings. The Balaban J connectivity index is 2.50. The van der Waals surface area contributed by atoms with E-state index < -0.39 is 0 Å². The predicted octanol–water partition coefficient (Wildman–Crippen LogP) is 2.61. The Labute approximate surface area is 62.2 Å². The number of hydrogen-bond donors (Lipinski definition) is 0. The molecule has 0 bridgehead atoms. The molecule has 0 saturated heterocycles. The Morgan fingerprint density at radius 3 is 2.50 bits per heavy atom. The lowest BCUT2D eigenvalue weighted by atomic mass is 10.1. The van der Waals surface area contributed by atoms with Crippen molar-refractivity contribution in [2.75, 3.05) is 0 Å². The molecule has 0 N–H and O–H groups in total. The summed E-state index contributed by atoms with van der Waals surface area (Å²) in [6, 6.07) is 10.3. The summed E-state index contributed by atoms with van der Waals surface area (Å²) < 4.78 is 0. The van der Waals surface area contributed by atoms with Gasteiger partial charge in [0.1, 0.15) is 0 Å². The monoisotopic (exact) mass is 131 g/mol. The Kier molecular flexibility index (Phi) is 2.75. The van der Waals surface area contributed by atoms with Crippen LogP contribution in [0.4, 0.5) is 0 Å². The Morgan fingerprint density at radius 2 is 1.90 bits per heavy atom. The highest BCUT2D eigenvalue weighted by molar-refractivity contribution is 5.14. The molecule has 0 aliphatic heterocycles. The molecule has 51 valence electrons. The number of benzene rings is 1. The van der Waals surface area contributed by atoms with E-state index >= 15 is 0 Å². The van der Waals surface area contributed by atoms with Crippen molar-refractivity contribution < 1.29 is 0 Å². The summed E-state index contributed by atoms with van der Waals surface area (Å²) in [5, 5.41) is 0. The zero-order chi connectivity index (χ0) is 7.23. The van der Waals surface area contributed by atoms with Crippen molar-refractivity contribution in [1.82, 2.24) is 0 Å². The molecule has 0 spiro atoms. The molecule has 0 atom stereocenters. The van der Waals surface area contributed by atoms with Gasteiger partial charge in [0.25, 0.3) is 0 Å². The fourth-order valence-electron chi connectivity index (χ4n) is 0.895. The summed E-state index contributed by atoms with van der Waals surface area (Å²) in [4.78, 5) is 0. The van der Waals surface area contributed by atoms with Crippen molar-refractivity contribution in [3.63, 3.8) is 0 Å². The molecular weight excluding hydrogens is 120 g/mol. The fraction of sp³-hybridized carbons (Fsp3) is 0.200. The molecule has 0 amide bonds. The van der Waals surface area contributed by atoms with Crippen LogP contribution in [0.3, 0.4) is 0 Å². The van der Waals surface area contributed by atoms with Gasteiger partial charge >= 0.3 is 0 Å². The zero-order valence-corrected chi connectivity index (χ0v) is 5.96. The zero-order valence-electron chi connectivity index (χ0n) is 5.96. The van der Waals surface area contributed by atoms with Crippen LogP contribution in [0.2, 0.25) is 0 Å². The topological polar surface area (TPSA) is 0 Å². The van der Waals surface area contributed by atoms with Crippen molar-refractivity contribution in [1.29, 1.82) is 0 Å². The molecular formula is C10H11. The molecule has 0 heteroatoms. The molecule has 1 radical (unpaired) electrons. The largest absolute Gasteiger partial charge is 0.0842 e. The quantitative estimate of drug-likeness (QED) is 0.591. The van der Waals surface area contributed by atoms with E-state index in [2.05, 4.69) is 12.1 Å². The van der Waals surface area contributed by atoms with Gasteiger partial charge in [-0.05, 0) is 18.4 Å². The van der Waals surface area contributed by atoms with Gasteiger partial charge in [-0.3, -0.25) is 0 Å². The Bertz CT molecular complexity index is 186. The van der Waals surface area contributed by atoms with Gasteiger partial charge in [0, 0.05) is 0 Å². The molecule has 1 rings (SSSR count). The maximum absolute atomic E-state index is 5.25. The number of hydrogen-bond acceptors (Lipinski definition) is 0. The first kappa shape index (κ1) is 7.07. The van der Waals surface area contributed by atoms with E-state index in [1.807, 2.05) is 18.2 Å². The Morgan fingerprint density at radius 1 is 1.20 bits per heavy atom. The van der Waals surface area contributed by atoms with Crippen molar-refractivity contribution in [3.05, 3.63) is 48.6 Å². The second-order valence-electron chi connectivity index (χ2n) is 2.26. The molecule has 0 nitrogen and oxygen atoms in total. The molecule has 10 heavy (non-hydrogen) atoms. The van der Waals surface area contributed by atoms with E-state index in [-0.39, 0.29) is 0 Å². The Hall–Kier alpha value is -1.04. The van der Waals surface area contributed by atoms with E-state index in [0.29, 0.717) is 0 Å². The average molecular weight is 131 g/mol. The van der Waals surface area contributed by atoms with E-state index in [1.165, 1.54) is 5.56 Å². The van der Waals surface area contributed by atoms with Crippen LogP contribution in [0.5, 0.6) is 0 Å². The van der Waals surface area contributed by atoms with E-state index in [9.17, 15) is 0 Å². The standard InChI is InChI=1S/C10H11/c1-2-3-7-10-8-5-4-6-9-10/h1-2,4-6,8-9H,3,7H2. The third kappa shape index (κ3) is 2.06. The maximum atomic E-state index is 5.25. The first-order valence-corrected chi connectivity index (χ1v) is 3.51. The number of aryl methyl sites for hydroxylation is 1. The molecule has 0 aliphatic rings. The third-order valence-corrected chi connectivity index (χ3v) is 1.44. The lowest BCUT2D eigenvalue weighted by Crippen LogP contribution is -1.79. The molecule has 1 aromatic carbocycles. The summed E-state index contributed by atoms with van der Waals surface area (Å²) >= 11 is 0. The molecule has 0 aromatic heterocycles. The van der Waals surface area contributed by atoms with Crippen LogP contribution in [-0.2, 0) is 6.42 Å². The minimum absolute atomic E-state index is 0.962. The van der Waals surface area contributed by atoms with Gasteiger partial charge in [0.15, 0.2) is 0 Å². The van der Waals surface area contributed by atoms with E-state index in [1.54, 1.807) is 6.08 Å². The first-order valence-electron chi connectivity index (χ1n) is 3.51. The van der Waals surface area contributed by atoms with Gasteiger partial charge < -0.3 is 0 Å². The summed E-state index contributed by atoms with van der Waals surface area (Å²) in [7, 11) is 0. The van der Waals surface area contributed by atoms with Crippen LogP contribution in [0.25, 0.3) is 0 Å². The highest BCUT2D eigenvalue weighted by Gasteiger charge is 1.85. The molecule has 0 saturated carbocycles. The molecule has 1 aromatic rings. The lowest BCUT2D eigenvalue weighted by Gasteiger charge is -1.94. The van der Waals surface area contributed by atoms with Crippen molar-refractivity contribution in [2.24, 2.45) is 0 Å². The van der Waals surface area contributed by atoms with Crippen LogP contribution in [0.15, 0.2) is 36.4 Å². The molecule has 0 unspecified atom stereocenters. The SMILES string of the molecule is [CH]=CCCc1ccccc1. The van der Waals surface area contributed by atoms with Crippen LogP contribution in [-0.4, -0.2) is 0 Å². The molecule has 0 heterocycles. The van der Waals surface area contributed by atoms with Gasteiger partial charge in [-0.2, -0.15) is 0 Å². The summed E-state index contributed by atoms with van der Waals surface area (Å²) in [5.41, 5.74) is 1.35. The number of allylic oxidation sites excluding steroid dienone is 1. The van der Waals surface area contributed by atoms with Gasteiger partial charge in [0.05, 0.1) is 0 Å². The van der Waals surface area contributed by atoms with Crippen molar-refractivity contribution in [3.8, 4) is 0 Å². The maximum Gasteiger partial charge on any atom is -0.0244 e. The van der Waals surface area contributed by atoms with Gasteiger partial charge in [0.2, 0.25) is 0 Å². The van der Waals surface area contributed by atoms with Crippen LogP contribution < -0.4 is 0 Å². The van der Waals surface area contributed by atoms with Crippen LogP contribution in [0.1, 0.15) is 12.0 Å². The van der Waals surface area contributed by atoms with Crippen molar-refractivity contribution >= 4 is 0 Å². The minimum Gasteiger partial charge on any atom is -0.0842 e. The van der Waals surface area contributed by atoms with Gasteiger partial charge in [-0.1, -0.05) is 43.0 Å². The van der Waals surface area contributed by atoms with Gasteiger partial charge in [-0.15, -0.1) is 0 Å². The van der Waals surface area contributed by atoms with Crippen LogP contribution >= 0.6 is 0 Å². The van der Waals surface area contributed by atoms with E-state index in [4.69, 9.17) is 6.58 Å². The van der Waals surface area contributed by atoms with Gasteiger partial charge in [-0.25, -0.2) is 0 Å². The van der Waals surface area contributed by atoms with E-state index in [0.717, 1.165) is 12.8 Å². The average Bonchev–Trinajstić information content (AvgIpc) is 2.03. The van der Waals surface area contributed by atoms with Crippen molar-refractivity contribution in [2.45, 2.75) is 12.8 Å². The third-order valence-electron chi connectivity index (χ3n) is 1.44. The smallest absolute Gasteiger partial charge is 0.0244 e. The minimum atomic E-state index is 0.962. The lowest BCUT2D eigenvalue weighted by molar-refractivity contribution is 1.00.